The lowest BCUT2D eigenvalue weighted by molar-refractivity contribution is -0.138. The molecule has 1 aliphatic rings. The summed E-state index contributed by atoms with van der Waals surface area (Å²) in [6.45, 7) is 2.25. The standard InChI is InChI=1S/C17H22BrNO3/c1-12(10-15(20)21)11-19-16(22)17(8-2-3-9-17)13-4-6-14(18)7-5-13/h4-7,12H,2-3,8-11H2,1H3,(H,19,22)(H,20,21). The third-order valence-electron chi connectivity index (χ3n) is 4.42. The van der Waals surface area contributed by atoms with Gasteiger partial charge in [-0.25, -0.2) is 0 Å². The molecule has 0 saturated heterocycles. The molecule has 0 spiro atoms. The summed E-state index contributed by atoms with van der Waals surface area (Å²) in [6, 6.07) is 7.96. The van der Waals surface area contributed by atoms with Gasteiger partial charge in [0, 0.05) is 17.4 Å². The summed E-state index contributed by atoms with van der Waals surface area (Å²) < 4.78 is 1.000. The molecular formula is C17H22BrNO3. The Labute approximate surface area is 139 Å². The number of hydrogen-bond donors (Lipinski definition) is 2. The first-order valence-electron chi connectivity index (χ1n) is 7.70. The Bertz CT molecular complexity index is 535. The first kappa shape index (κ1) is 17.0. The van der Waals surface area contributed by atoms with E-state index in [0.717, 1.165) is 35.7 Å². The number of benzene rings is 1. The first-order chi connectivity index (χ1) is 10.4. The Morgan fingerprint density at radius 1 is 1.27 bits per heavy atom. The Kier molecular flexibility index (Phi) is 5.62. The van der Waals surface area contributed by atoms with Gasteiger partial charge in [0.1, 0.15) is 0 Å². The van der Waals surface area contributed by atoms with E-state index in [9.17, 15) is 9.59 Å². The van der Waals surface area contributed by atoms with Gasteiger partial charge in [-0.15, -0.1) is 0 Å². The monoisotopic (exact) mass is 367 g/mol. The van der Waals surface area contributed by atoms with Gasteiger partial charge in [-0.3, -0.25) is 9.59 Å². The van der Waals surface area contributed by atoms with E-state index in [-0.39, 0.29) is 18.2 Å². The average molecular weight is 368 g/mol. The van der Waals surface area contributed by atoms with E-state index in [2.05, 4.69) is 21.2 Å². The lowest BCUT2D eigenvalue weighted by Gasteiger charge is -2.29. The van der Waals surface area contributed by atoms with E-state index >= 15 is 0 Å². The molecule has 0 heterocycles. The number of aliphatic carboxylic acids is 1. The van der Waals surface area contributed by atoms with E-state index in [1.165, 1.54) is 0 Å². The zero-order chi connectivity index (χ0) is 16.2. The van der Waals surface area contributed by atoms with Crippen molar-refractivity contribution in [1.29, 1.82) is 0 Å². The van der Waals surface area contributed by atoms with Crippen molar-refractivity contribution in [1.82, 2.24) is 5.32 Å². The molecule has 2 N–H and O–H groups in total. The van der Waals surface area contributed by atoms with E-state index in [4.69, 9.17) is 5.11 Å². The van der Waals surface area contributed by atoms with E-state index in [1.807, 2.05) is 31.2 Å². The number of carboxylic acids is 1. The molecule has 0 radical (unpaired) electrons. The molecule has 1 atom stereocenters. The van der Waals surface area contributed by atoms with Crippen LogP contribution in [0.5, 0.6) is 0 Å². The number of carboxylic acid groups (broad SMARTS) is 1. The van der Waals surface area contributed by atoms with Gasteiger partial charge in [0.2, 0.25) is 5.91 Å². The van der Waals surface area contributed by atoms with Gasteiger partial charge in [0.25, 0.3) is 0 Å². The summed E-state index contributed by atoms with van der Waals surface area (Å²) >= 11 is 3.43. The normalized spacial score (nSPS) is 17.9. The molecule has 0 aliphatic heterocycles. The largest absolute Gasteiger partial charge is 0.481 e. The molecule has 1 aromatic rings. The zero-order valence-corrected chi connectivity index (χ0v) is 14.4. The Balaban J connectivity index is 2.09. The average Bonchev–Trinajstić information content (AvgIpc) is 2.95. The fraction of sp³-hybridized carbons (Fsp3) is 0.529. The van der Waals surface area contributed by atoms with Crippen molar-refractivity contribution in [3.63, 3.8) is 0 Å². The van der Waals surface area contributed by atoms with Crippen LogP contribution in [0, 0.1) is 5.92 Å². The molecule has 1 aromatic carbocycles. The van der Waals surface area contributed by atoms with Crippen molar-refractivity contribution in [2.45, 2.75) is 44.4 Å². The van der Waals surface area contributed by atoms with Crippen molar-refractivity contribution in [2.75, 3.05) is 6.54 Å². The van der Waals surface area contributed by atoms with E-state index < -0.39 is 11.4 Å². The van der Waals surface area contributed by atoms with Gasteiger partial charge in [0.05, 0.1) is 5.41 Å². The molecule has 22 heavy (non-hydrogen) atoms. The SMILES string of the molecule is CC(CNC(=O)C1(c2ccc(Br)cc2)CCCC1)CC(=O)O. The maximum Gasteiger partial charge on any atom is 0.303 e. The molecule has 1 saturated carbocycles. The molecule has 120 valence electrons. The van der Waals surface area contributed by atoms with Crippen LogP contribution in [-0.2, 0) is 15.0 Å². The van der Waals surface area contributed by atoms with Crippen LogP contribution in [-0.4, -0.2) is 23.5 Å². The minimum absolute atomic E-state index is 0.0320. The molecular weight excluding hydrogens is 346 g/mol. The highest BCUT2D eigenvalue weighted by Gasteiger charge is 2.42. The van der Waals surface area contributed by atoms with Gasteiger partial charge in [-0.2, -0.15) is 0 Å². The number of carbonyl (C=O) groups excluding carboxylic acids is 1. The highest BCUT2D eigenvalue weighted by Crippen LogP contribution is 2.41. The van der Waals surface area contributed by atoms with Crippen LogP contribution >= 0.6 is 15.9 Å². The van der Waals surface area contributed by atoms with Crippen molar-refractivity contribution in [3.8, 4) is 0 Å². The predicted molar refractivity (Wildman–Crippen MR) is 88.7 cm³/mol. The van der Waals surface area contributed by atoms with Gasteiger partial charge >= 0.3 is 5.97 Å². The van der Waals surface area contributed by atoms with Gasteiger partial charge < -0.3 is 10.4 Å². The smallest absolute Gasteiger partial charge is 0.303 e. The molecule has 1 fully saturated rings. The molecule has 0 bridgehead atoms. The highest BCUT2D eigenvalue weighted by atomic mass is 79.9. The Morgan fingerprint density at radius 3 is 2.41 bits per heavy atom. The van der Waals surface area contributed by atoms with Crippen molar-refractivity contribution in [3.05, 3.63) is 34.3 Å². The molecule has 1 unspecified atom stereocenters. The third kappa shape index (κ3) is 3.88. The minimum Gasteiger partial charge on any atom is -0.481 e. The Morgan fingerprint density at radius 2 is 1.86 bits per heavy atom. The summed E-state index contributed by atoms with van der Waals surface area (Å²) in [5.74, 6) is -0.861. The first-order valence-corrected chi connectivity index (χ1v) is 8.49. The van der Waals surface area contributed by atoms with Crippen molar-refractivity contribution < 1.29 is 14.7 Å². The number of rotatable bonds is 6. The van der Waals surface area contributed by atoms with Crippen LogP contribution in [0.25, 0.3) is 0 Å². The lowest BCUT2D eigenvalue weighted by atomic mass is 9.78. The maximum atomic E-state index is 12.8. The topological polar surface area (TPSA) is 66.4 Å². The predicted octanol–water partition coefficient (Wildman–Crippen LogP) is 3.49. The van der Waals surface area contributed by atoms with Gasteiger partial charge in [-0.1, -0.05) is 47.8 Å². The van der Waals surface area contributed by atoms with Crippen LogP contribution in [0.3, 0.4) is 0 Å². The maximum absolute atomic E-state index is 12.8. The van der Waals surface area contributed by atoms with Crippen molar-refractivity contribution >= 4 is 27.8 Å². The Hall–Kier alpha value is -1.36. The lowest BCUT2D eigenvalue weighted by Crippen LogP contribution is -2.44. The fourth-order valence-corrected chi connectivity index (χ4v) is 3.47. The summed E-state index contributed by atoms with van der Waals surface area (Å²) in [6.07, 6.45) is 3.88. The third-order valence-corrected chi connectivity index (χ3v) is 4.95. The van der Waals surface area contributed by atoms with Crippen LogP contribution < -0.4 is 5.32 Å². The second-order valence-corrected chi connectivity index (χ2v) is 7.12. The molecule has 5 heteroatoms. The molecule has 2 rings (SSSR count). The number of halogens is 1. The summed E-state index contributed by atoms with van der Waals surface area (Å²) in [5.41, 5.74) is 0.598. The van der Waals surface area contributed by atoms with Crippen molar-refractivity contribution in [2.24, 2.45) is 5.92 Å². The molecule has 4 nitrogen and oxygen atoms in total. The molecule has 1 amide bonds. The second-order valence-electron chi connectivity index (χ2n) is 6.21. The number of nitrogens with one attached hydrogen (secondary N) is 1. The number of carbonyl (C=O) groups is 2. The second kappa shape index (κ2) is 7.27. The van der Waals surface area contributed by atoms with E-state index in [1.54, 1.807) is 0 Å². The van der Waals surface area contributed by atoms with Crippen LogP contribution in [0.1, 0.15) is 44.6 Å². The van der Waals surface area contributed by atoms with Gasteiger partial charge in [0.15, 0.2) is 0 Å². The summed E-state index contributed by atoms with van der Waals surface area (Å²) in [5, 5.41) is 11.8. The number of hydrogen-bond acceptors (Lipinski definition) is 2. The quantitative estimate of drug-likeness (QED) is 0.808. The van der Waals surface area contributed by atoms with Crippen LogP contribution in [0.15, 0.2) is 28.7 Å². The van der Waals surface area contributed by atoms with E-state index in [0.29, 0.717) is 6.54 Å². The molecule has 1 aliphatic carbocycles. The minimum atomic E-state index is -0.828. The number of amides is 1. The van der Waals surface area contributed by atoms with Crippen LogP contribution in [0.2, 0.25) is 0 Å². The van der Waals surface area contributed by atoms with Gasteiger partial charge in [-0.05, 0) is 36.5 Å². The summed E-state index contributed by atoms with van der Waals surface area (Å²) in [7, 11) is 0. The zero-order valence-electron chi connectivity index (χ0n) is 12.8. The highest BCUT2D eigenvalue weighted by molar-refractivity contribution is 9.10. The van der Waals surface area contributed by atoms with Crippen LogP contribution in [0.4, 0.5) is 0 Å². The fourth-order valence-electron chi connectivity index (χ4n) is 3.20. The molecule has 0 aromatic heterocycles. The summed E-state index contributed by atoms with van der Waals surface area (Å²) in [4.78, 5) is 23.5.